The Labute approximate surface area is 161 Å². The van der Waals surface area contributed by atoms with Crippen molar-refractivity contribution in [2.24, 2.45) is 5.41 Å². The SMILES string of the molecule is CC(OC(=O)c1ccccc1)C(C)(CC(C)(C)C)OC(=O)c1ccccc1. The van der Waals surface area contributed by atoms with Gasteiger partial charge in [-0.15, -0.1) is 0 Å². The van der Waals surface area contributed by atoms with E-state index in [1.54, 1.807) is 55.5 Å². The minimum absolute atomic E-state index is 0.126. The molecule has 2 aromatic rings. The maximum absolute atomic E-state index is 12.6. The fraction of sp³-hybridized carbons (Fsp3) is 0.391. The molecule has 2 atom stereocenters. The van der Waals surface area contributed by atoms with Crippen LogP contribution in [0.2, 0.25) is 0 Å². The lowest BCUT2D eigenvalue weighted by Crippen LogP contribution is -2.47. The molecule has 4 heteroatoms. The maximum Gasteiger partial charge on any atom is 0.338 e. The Morgan fingerprint density at radius 1 is 0.815 bits per heavy atom. The fourth-order valence-corrected chi connectivity index (χ4v) is 3.09. The van der Waals surface area contributed by atoms with Crippen LogP contribution in [0, 0.1) is 5.41 Å². The highest BCUT2D eigenvalue weighted by Gasteiger charge is 2.41. The smallest absolute Gasteiger partial charge is 0.338 e. The number of ether oxygens (including phenoxy) is 2. The van der Waals surface area contributed by atoms with Crippen molar-refractivity contribution in [3.63, 3.8) is 0 Å². The number of carbonyl (C=O) groups is 2. The van der Waals surface area contributed by atoms with Gasteiger partial charge in [0.15, 0.2) is 0 Å². The summed E-state index contributed by atoms with van der Waals surface area (Å²) in [4.78, 5) is 25.1. The second kappa shape index (κ2) is 8.38. The van der Waals surface area contributed by atoms with Gasteiger partial charge in [0.1, 0.15) is 11.7 Å². The number of esters is 2. The molecule has 0 fully saturated rings. The molecule has 144 valence electrons. The Morgan fingerprint density at radius 3 is 1.70 bits per heavy atom. The lowest BCUT2D eigenvalue weighted by Gasteiger charge is -2.39. The molecule has 0 heterocycles. The summed E-state index contributed by atoms with van der Waals surface area (Å²) in [5, 5.41) is 0. The topological polar surface area (TPSA) is 52.6 Å². The van der Waals surface area contributed by atoms with E-state index in [2.05, 4.69) is 20.8 Å². The zero-order valence-electron chi connectivity index (χ0n) is 16.7. The van der Waals surface area contributed by atoms with Gasteiger partial charge in [-0.3, -0.25) is 0 Å². The summed E-state index contributed by atoms with van der Waals surface area (Å²) in [6.45, 7) is 9.78. The Kier molecular flexibility index (Phi) is 6.42. The zero-order chi connectivity index (χ0) is 20.1. The van der Waals surface area contributed by atoms with Gasteiger partial charge in [-0.2, -0.15) is 0 Å². The molecule has 0 aliphatic rings. The maximum atomic E-state index is 12.6. The van der Waals surface area contributed by atoms with Gasteiger partial charge in [0.05, 0.1) is 11.1 Å². The van der Waals surface area contributed by atoms with Crippen LogP contribution < -0.4 is 0 Å². The number of rotatable bonds is 6. The van der Waals surface area contributed by atoms with Crippen molar-refractivity contribution >= 4 is 11.9 Å². The van der Waals surface area contributed by atoms with E-state index in [4.69, 9.17) is 9.47 Å². The summed E-state index contributed by atoms with van der Waals surface area (Å²) in [7, 11) is 0. The molecule has 0 N–H and O–H groups in total. The first kappa shape index (κ1) is 20.7. The molecule has 0 bridgehead atoms. The van der Waals surface area contributed by atoms with Crippen LogP contribution in [0.1, 0.15) is 61.8 Å². The van der Waals surface area contributed by atoms with Crippen LogP contribution in [0.15, 0.2) is 60.7 Å². The van der Waals surface area contributed by atoms with Gasteiger partial charge in [-0.05, 0) is 49.9 Å². The van der Waals surface area contributed by atoms with Crippen LogP contribution in [0.3, 0.4) is 0 Å². The van der Waals surface area contributed by atoms with Crippen molar-refractivity contribution in [2.45, 2.75) is 52.7 Å². The third-order valence-corrected chi connectivity index (χ3v) is 4.37. The molecule has 0 spiro atoms. The normalized spacial score (nSPS) is 14.7. The van der Waals surface area contributed by atoms with Crippen molar-refractivity contribution in [1.29, 1.82) is 0 Å². The fourth-order valence-electron chi connectivity index (χ4n) is 3.09. The van der Waals surface area contributed by atoms with Gasteiger partial charge in [-0.25, -0.2) is 9.59 Å². The first-order valence-electron chi connectivity index (χ1n) is 9.15. The van der Waals surface area contributed by atoms with Crippen molar-refractivity contribution < 1.29 is 19.1 Å². The van der Waals surface area contributed by atoms with E-state index in [0.717, 1.165) is 0 Å². The molecule has 0 aliphatic heterocycles. The van der Waals surface area contributed by atoms with E-state index in [-0.39, 0.29) is 5.41 Å². The van der Waals surface area contributed by atoms with Crippen LogP contribution in [0.25, 0.3) is 0 Å². The Morgan fingerprint density at radius 2 is 1.26 bits per heavy atom. The lowest BCUT2D eigenvalue weighted by atomic mass is 9.80. The molecule has 2 aromatic carbocycles. The van der Waals surface area contributed by atoms with Crippen molar-refractivity contribution in [3.05, 3.63) is 71.8 Å². The average Bonchev–Trinajstić information content (AvgIpc) is 2.61. The number of hydrogen-bond donors (Lipinski definition) is 0. The highest BCUT2D eigenvalue weighted by Crippen LogP contribution is 2.34. The Bertz CT molecular complexity index is 762. The third kappa shape index (κ3) is 5.95. The second-order valence-electron chi connectivity index (χ2n) is 8.22. The summed E-state index contributed by atoms with van der Waals surface area (Å²) in [6.07, 6.45) is -0.0703. The Balaban J connectivity index is 2.21. The van der Waals surface area contributed by atoms with E-state index in [1.807, 2.05) is 19.1 Å². The summed E-state index contributed by atoms with van der Waals surface area (Å²) < 4.78 is 11.6. The molecule has 0 amide bonds. The number of hydrogen-bond acceptors (Lipinski definition) is 4. The van der Waals surface area contributed by atoms with E-state index in [9.17, 15) is 9.59 Å². The van der Waals surface area contributed by atoms with Crippen LogP contribution in [0.4, 0.5) is 0 Å². The summed E-state index contributed by atoms with van der Waals surface area (Å²) in [5.41, 5.74) is -0.148. The third-order valence-electron chi connectivity index (χ3n) is 4.37. The number of carbonyl (C=O) groups excluding carboxylic acids is 2. The van der Waals surface area contributed by atoms with E-state index >= 15 is 0 Å². The van der Waals surface area contributed by atoms with Gasteiger partial charge in [-0.1, -0.05) is 57.2 Å². The monoisotopic (exact) mass is 368 g/mol. The summed E-state index contributed by atoms with van der Waals surface area (Å²) in [6, 6.07) is 17.6. The average molecular weight is 368 g/mol. The number of benzene rings is 2. The van der Waals surface area contributed by atoms with Gasteiger partial charge >= 0.3 is 11.9 Å². The van der Waals surface area contributed by atoms with Crippen LogP contribution in [0.5, 0.6) is 0 Å². The van der Waals surface area contributed by atoms with Crippen molar-refractivity contribution in [3.8, 4) is 0 Å². The van der Waals surface area contributed by atoms with Gasteiger partial charge < -0.3 is 9.47 Å². The van der Waals surface area contributed by atoms with Crippen molar-refractivity contribution in [1.82, 2.24) is 0 Å². The van der Waals surface area contributed by atoms with E-state index in [0.29, 0.717) is 17.5 Å². The standard InChI is InChI=1S/C23H28O4/c1-17(26-20(24)18-12-8-6-9-13-18)23(5,16-22(2,3)4)27-21(25)19-14-10-7-11-15-19/h6-15,17H,16H2,1-5H3. The molecule has 0 aliphatic carbocycles. The molecule has 0 aromatic heterocycles. The molecule has 2 unspecified atom stereocenters. The van der Waals surface area contributed by atoms with Crippen LogP contribution in [-0.2, 0) is 9.47 Å². The first-order valence-corrected chi connectivity index (χ1v) is 9.15. The Hall–Kier alpha value is -2.62. The first-order chi connectivity index (χ1) is 12.6. The van der Waals surface area contributed by atoms with E-state index < -0.39 is 23.6 Å². The van der Waals surface area contributed by atoms with Crippen LogP contribution in [-0.4, -0.2) is 23.6 Å². The second-order valence-corrected chi connectivity index (χ2v) is 8.22. The van der Waals surface area contributed by atoms with E-state index in [1.165, 1.54) is 0 Å². The predicted molar refractivity (Wildman–Crippen MR) is 106 cm³/mol. The highest BCUT2D eigenvalue weighted by molar-refractivity contribution is 5.90. The van der Waals surface area contributed by atoms with Gasteiger partial charge in [0, 0.05) is 0 Å². The van der Waals surface area contributed by atoms with Gasteiger partial charge in [0.2, 0.25) is 0 Å². The van der Waals surface area contributed by atoms with Gasteiger partial charge in [0.25, 0.3) is 0 Å². The molecule has 4 nitrogen and oxygen atoms in total. The molecule has 2 rings (SSSR count). The molecule has 0 saturated heterocycles. The summed E-state index contributed by atoms with van der Waals surface area (Å²) in [5.74, 6) is -0.857. The predicted octanol–water partition coefficient (Wildman–Crippen LogP) is 5.28. The molecular weight excluding hydrogens is 340 g/mol. The lowest BCUT2D eigenvalue weighted by molar-refractivity contribution is -0.0977. The quantitative estimate of drug-likeness (QED) is 0.651. The highest BCUT2D eigenvalue weighted by atomic mass is 16.6. The minimum atomic E-state index is -0.963. The zero-order valence-corrected chi connectivity index (χ0v) is 16.7. The molecule has 27 heavy (non-hydrogen) atoms. The molecule has 0 radical (unpaired) electrons. The summed E-state index contributed by atoms with van der Waals surface area (Å²) >= 11 is 0. The largest absolute Gasteiger partial charge is 0.455 e. The molecular formula is C23H28O4. The minimum Gasteiger partial charge on any atom is -0.455 e. The molecule has 0 saturated carbocycles. The van der Waals surface area contributed by atoms with Crippen LogP contribution >= 0.6 is 0 Å². The van der Waals surface area contributed by atoms with Crippen molar-refractivity contribution in [2.75, 3.05) is 0 Å².